The maximum atomic E-state index is 13.3. The molecule has 2 aromatic carbocycles. The summed E-state index contributed by atoms with van der Waals surface area (Å²) < 4.78 is 68.5. The predicted molar refractivity (Wildman–Crippen MR) is 84.4 cm³/mol. The van der Waals surface area contributed by atoms with Gasteiger partial charge in [0.15, 0.2) is 11.6 Å². The highest BCUT2D eigenvalue weighted by molar-refractivity contribution is 5.75. The maximum Gasteiger partial charge on any atom is 0.416 e. The van der Waals surface area contributed by atoms with Crippen LogP contribution in [-0.2, 0) is 17.5 Å². The molecule has 0 aliphatic rings. The highest BCUT2D eigenvalue weighted by atomic mass is 19.4. The molecule has 0 heterocycles. The Morgan fingerprint density at radius 3 is 2.35 bits per heavy atom. The van der Waals surface area contributed by atoms with Crippen LogP contribution in [0.4, 0.5) is 22.0 Å². The van der Waals surface area contributed by atoms with Gasteiger partial charge in [0.05, 0.1) is 12.2 Å². The van der Waals surface area contributed by atoms with Crippen LogP contribution in [0.15, 0.2) is 42.5 Å². The zero-order valence-electron chi connectivity index (χ0n) is 13.6. The van der Waals surface area contributed by atoms with Gasteiger partial charge in [0.1, 0.15) is 5.82 Å². The van der Waals surface area contributed by atoms with E-state index in [1.165, 1.54) is 12.1 Å². The minimum Gasteiger partial charge on any atom is -0.491 e. The molecule has 0 fully saturated rings. The first-order valence-corrected chi connectivity index (χ1v) is 7.76. The highest BCUT2D eigenvalue weighted by Crippen LogP contribution is 2.29. The first kappa shape index (κ1) is 19.7. The van der Waals surface area contributed by atoms with E-state index in [2.05, 4.69) is 5.32 Å². The molecule has 0 aliphatic heterocycles. The standard InChI is InChI=1S/C18H16F5NO2/c19-14-7-8-16(15(20)10-14)26-9-1-2-17(25)24-11-12-3-5-13(6-4-12)18(21,22)23/h3-8,10H,1-2,9,11H2,(H,24,25). The molecule has 1 N–H and O–H groups in total. The first-order valence-electron chi connectivity index (χ1n) is 7.76. The summed E-state index contributed by atoms with van der Waals surface area (Å²) in [5.41, 5.74) is -0.214. The zero-order valence-corrected chi connectivity index (χ0v) is 13.6. The fraction of sp³-hybridized carbons (Fsp3) is 0.278. The summed E-state index contributed by atoms with van der Waals surface area (Å²) in [7, 11) is 0. The Bertz CT molecular complexity index is 744. The Morgan fingerprint density at radius 2 is 1.73 bits per heavy atom. The van der Waals surface area contributed by atoms with E-state index in [4.69, 9.17) is 4.74 Å². The summed E-state index contributed by atoms with van der Waals surface area (Å²) in [6.07, 6.45) is -4.00. The van der Waals surface area contributed by atoms with Gasteiger partial charge in [-0.15, -0.1) is 0 Å². The second-order valence-corrected chi connectivity index (χ2v) is 5.50. The lowest BCUT2D eigenvalue weighted by molar-refractivity contribution is -0.137. The van der Waals surface area contributed by atoms with Gasteiger partial charge in [-0.2, -0.15) is 13.2 Å². The van der Waals surface area contributed by atoms with Crippen molar-refractivity contribution in [1.29, 1.82) is 0 Å². The molecule has 0 unspecified atom stereocenters. The number of carbonyl (C=O) groups excluding carboxylic acids is 1. The van der Waals surface area contributed by atoms with Crippen LogP contribution in [0, 0.1) is 11.6 Å². The highest BCUT2D eigenvalue weighted by Gasteiger charge is 2.29. The largest absolute Gasteiger partial charge is 0.491 e. The fourth-order valence-electron chi connectivity index (χ4n) is 2.11. The summed E-state index contributed by atoms with van der Waals surface area (Å²) in [5.74, 6) is -1.95. The van der Waals surface area contributed by atoms with Crippen LogP contribution in [0.5, 0.6) is 5.75 Å². The normalized spacial score (nSPS) is 11.3. The van der Waals surface area contributed by atoms with Gasteiger partial charge < -0.3 is 10.1 Å². The van der Waals surface area contributed by atoms with E-state index in [0.717, 1.165) is 24.3 Å². The van der Waals surface area contributed by atoms with Crippen LogP contribution < -0.4 is 10.1 Å². The molecule has 8 heteroatoms. The predicted octanol–water partition coefficient (Wildman–Crippen LogP) is 4.46. The molecule has 0 aromatic heterocycles. The minimum atomic E-state index is -4.40. The van der Waals surface area contributed by atoms with Crippen molar-refractivity contribution in [3.63, 3.8) is 0 Å². The molecule has 0 saturated carbocycles. The van der Waals surface area contributed by atoms with Gasteiger partial charge in [0.2, 0.25) is 5.91 Å². The lowest BCUT2D eigenvalue weighted by Crippen LogP contribution is -2.23. The molecule has 0 bridgehead atoms. The van der Waals surface area contributed by atoms with Gasteiger partial charge in [0, 0.05) is 19.0 Å². The number of ether oxygens (including phenoxy) is 1. The van der Waals surface area contributed by atoms with E-state index in [-0.39, 0.29) is 31.2 Å². The third-order valence-electron chi connectivity index (χ3n) is 3.47. The Morgan fingerprint density at radius 1 is 1.04 bits per heavy atom. The molecule has 0 atom stereocenters. The van der Waals surface area contributed by atoms with Crippen molar-refractivity contribution in [2.24, 2.45) is 0 Å². The van der Waals surface area contributed by atoms with Gasteiger partial charge in [-0.05, 0) is 36.2 Å². The molecule has 3 nitrogen and oxygen atoms in total. The molecule has 140 valence electrons. The first-order chi connectivity index (χ1) is 12.3. The molecule has 0 aliphatic carbocycles. The summed E-state index contributed by atoms with van der Waals surface area (Å²) in [4.78, 5) is 11.7. The number of benzene rings is 2. The van der Waals surface area contributed by atoms with Crippen LogP contribution in [0.25, 0.3) is 0 Å². The van der Waals surface area contributed by atoms with Crippen LogP contribution >= 0.6 is 0 Å². The molecular weight excluding hydrogens is 357 g/mol. The fourth-order valence-corrected chi connectivity index (χ4v) is 2.11. The number of nitrogens with one attached hydrogen (secondary N) is 1. The second-order valence-electron chi connectivity index (χ2n) is 5.50. The van der Waals surface area contributed by atoms with Crippen molar-refractivity contribution < 1.29 is 31.5 Å². The topological polar surface area (TPSA) is 38.3 Å². The summed E-state index contributed by atoms with van der Waals surface area (Å²) in [5, 5.41) is 2.58. The third-order valence-corrected chi connectivity index (χ3v) is 3.47. The van der Waals surface area contributed by atoms with Crippen molar-refractivity contribution in [3.05, 3.63) is 65.2 Å². The number of amides is 1. The monoisotopic (exact) mass is 373 g/mol. The number of alkyl halides is 3. The van der Waals surface area contributed by atoms with Crippen molar-refractivity contribution in [2.45, 2.75) is 25.6 Å². The Kier molecular flexibility index (Phi) is 6.54. The summed E-state index contributed by atoms with van der Waals surface area (Å²) in [6.45, 7) is 0.167. The Labute approximate surface area is 146 Å². The number of hydrogen-bond acceptors (Lipinski definition) is 2. The zero-order chi connectivity index (χ0) is 19.2. The summed E-state index contributed by atoms with van der Waals surface area (Å²) >= 11 is 0. The van der Waals surface area contributed by atoms with E-state index in [0.29, 0.717) is 18.1 Å². The average molecular weight is 373 g/mol. The van der Waals surface area contributed by atoms with E-state index in [1.54, 1.807) is 0 Å². The lowest BCUT2D eigenvalue weighted by atomic mass is 10.1. The van der Waals surface area contributed by atoms with Gasteiger partial charge >= 0.3 is 6.18 Å². The van der Waals surface area contributed by atoms with Crippen molar-refractivity contribution >= 4 is 5.91 Å². The molecular formula is C18H16F5NO2. The molecule has 0 saturated heterocycles. The SMILES string of the molecule is O=C(CCCOc1ccc(F)cc1F)NCc1ccc(C(F)(F)F)cc1. The number of carbonyl (C=O) groups is 1. The van der Waals surface area contributed by atoms with E-state index >= 15 is 0 Å². The van der Waals surface area contributed by atoms with E-state index < -0.39 is 23.4 Å². The van der Waals surface area contributed by atoms with Crippen molar-refractivity contribution in [1.82, 2.24) is 5.32 Å². The quantitative estimate of drug-likeness (QED) is 0.575. The Balaban J connectivity index is 1.69. The van der Waals surface area contributed by atoms with E-state index in [9.17, 15) is 26.7 Å². The molecule has 2 rings (SSSR count). The third kappa shape index (κ3) is 6.02. The van der Waals surface area contributed by atoms with Crippen LogP contribution in [0.3, 0.4) is 0 Å². The molecule has 2 aromatic rings. The smallest absolute Gasteiger partial charge is 0.416 e. The van der Waals surface area contributed by atoms with Gasteiger partial charge in [-0.3, -0.25) is 4.79 Å². The minimum absolute atomic E-state index is 0.0657. The number of rotatable bonds is 7. The Hall–Kier alpha value is -2.64. The number of hydrogen-bond donors (Lipinski definition) is 1. The maximum absolute atomic E-state index is 13.3. The van der Waals surface area contributed by atoms with Gasteiger partial charge in [0.25, 0.3) is 0 Å². The molecule has 0 radical (unpaired) electrons. The van der Waals surface area contributed by atoms with Gasteiger partial charge in [-0.25, -0.2) is 8.78 Å². The van der Waals surface area contributed by atoms with Gasteiger partial charge in [-0.1, -0.05) is 12.1 Å². The van der Waals surface area contributed by atoms with Crippen molar-refractivity contribution in [2.75, 3.05) is 6.61 Å². The average Bonchev–Trinajstić information content (AvgIpc) is 2.58. The van der Waals surface area contributed by atoms with Crippen LogP contribution in [0.2, 0.25) is 0 Å². The van der Waals surface area contributed by atoms with E-state index in [1.807, 2.05) is 0 Å². The molecule has 1 amide bonds. The molecule has 0 spiro atoms. The summed E-state index contributed by atoms with van der Waals surface area (Å²) in [6, 6.07) is 7.42. The van der Waals surface area contributed by atoms with Crippen molar-refractivity contribution in [3.8, 4) is 5.75 Å². The van der Waals surface area contributed by atoms with Crippen LogP contribution in [-0.4, -0.2) is 12.5 Å². The second kappa shape index (κ2) is 8.64. The van der Waals surface area contributed by atoms with Crippen LogP contribution in [0.1, 0.15) is 24.0 Å². The number of halogens is 5. The lowest BCUT2D eigenvalue weighted by Gasteiger charge is -2.09. The molecule has 26 heavy (non-hydrogen) atoms.